The zero-order chi connectivity index (χ0) is 14.4. The van der Waals surface area contributed by atoms with Gasteiger partial charge in [0.2, 0.25) is 0 Å². The van der Waals surface area contributed by atoms with E-state index in [4.69, 9.17) is 23.8 Å². The SMILES string of the molecule is CCc1ccc(NC(=S)NCc2ccccc2Cl)cc1. The normalized spacial score (nSPS) is 10.1. The van der Waals surface area contributed by atoms with Gasteiger partial charge in [0.25, 0.3) is 0 Å². The van der Waals surface area contributed by atoms with Crippen LogP contribution in [0.1, 0.15) is 18.1 Å². The second-order valence-corrected chi connectivity index (χ2v) is 5.27. The van der Waals surface area contributed by atoms with Crippen molar-refractivity contribution >= 4 is 34.6 Å². The van der Waals surface area contributed by atoms with Gasteiger partial charge in [-0.25, -0.2) is 0 Å². The van der Waals surface area contributed by atoms with E-state index < -0.39 is 0 Å². The number of aryl methyl sites for hydroxylation is 1. The standard InChI is InChI=1S/C16H17ClN2S/c1-2-12-7-9-14(10-8-12)19-16(20)18-11-13-5-3-4-6-15(13)17/h3-10H,2,11H2,1H3,(H2,18,19,20). The molecule has 0 heterocycles. The first kappa shape index (κ1) is 14.8. The maximum absolute atomic E-state index is 6.10. The van der Waals surface area contributed by atoms with Crippen molar-refractivity contribution in [2.24, 2.45) is 0 Å². The van der Waals surface area contributed by atoms with Gasteiger partial charge in [0.1, 0.15) is 0 Å². The molecule has 104 valence electrons. The molecular formula is C16H17ClN2S. The molecule has 0 amide bonds. The molecule has 0 saturated heterocycles. The van der Waals surface area contributed by atoms with Crippen LogP contribution in [0.5, 0.6) is 0 Å². The topological polar surface area (TPSA) is 24.1 Å². The molecule has 0 atom stereocenters. The van der Waals surface area contributed by atoms with E-state index in [0.717, 1.165) is 22.7 Å². The quantitative estimate of drug-likeness (QED) is 0.819. The highest BCUT2D eigenvalue weighted by Gasteiger charge is 2.01. The van der Waals surface area contributed by atoms with Crippen LogP contribution in [0.4, 0.5) is 5.69 Å². The van der Waals surface area contributed by atoms with Crippen molar-refractivity contribution in [3.8, 4) is 0 Å². The maximum atomic E-state index is 6.10. The monoisotopic (exact) mass is 304 g/mol. The molecule has 2 aromatic carbocycles. The summed E-state index contributed by atoms with van der Waals surface area (Å²) in [6.07, 6.45) is 1.04. The molecule has 2 N–H and O–H groups in total. The molecule has 0 aromatic heterocycles. The van der Waals surface area contributed by atoms with Crippen LogP contribution >= 0.6 is 23.8 Å². The van der Waals surface area contributed by atoms with E-state index in [1.54, 1.807) is 0 Å². The first-order valence-electron chi connectivity index (χ1n) is 6.56. The van der Waals surface area contributed by atoms with E-state index in [9.17, 15) is 0 Å². The number of nitrogens with one attached hydrogen (secondary N) is 2. The van der Waals surface area contributed by atoms with E-state index in [1.807, 2.05) is 36.4 Å². The number of hydrogen-bond donors (Lipinski definition) is 2. The number of thiocarbonyl (C=S) groups is 1. The summed E-state index contributed by atoms with van der Waals surface area (Å²) < 4.78 is 0. The Morgan fingerprint density at radius 1 is 1.10 bits per heavy atom. The molecule has 4 heteroatoms. The number of rotatable bonds is 4. The van der Waals surface area contributed by atoms with Gasteiger partial charge < -0.3 is 10.6 Å². The summed E-state index contributed by atoms with van der Waals surface area (Å²) in [5, 5.41) is 7.65. The van der Waals surface area contributed by atoms with Crippen LogP contribution in [-0.4, -0.2) is 5.11 Å². The number of halogens is 1. The fourth-order valence-electron chi connectivity index (χ4n) is 1.82. The Hall–Kier alpha value is -1.58. The van der Waals surface area contributed by atoms with Crippen LogP contribution in [0.3, 0.4) is 0 Å². The summed E-state index contributed by atoms with van der Waals surface area (Å²) >= 11 is 11.4. The van der Waals surface area contributed by atoms with Crippen molar-refractivity contribution in [3.05, 3.63) is 64.7 Å². The van der Waals surface area contributed by atoms with Gasteiger partial charge >= 0.3 is 0 Å². The molecule has 0 unspecified atom stereocenters. The highest BCUT2D eigenvalue weighted by molar-refractivity contribution is 7.80. The zero-order valence-electron chi connectivity index (χ0n) is 11.3. The average Bonchev–Trinajstić information content (AvgIpc) is 2.47. The Balaban J connectivity index is 1.87. The molecule has 0 fully saturated rings. The Labute approximate surface area is 130 Å². The lowest BCUT2D eigenvalue weighted by Crippen LogP contribution is -2.27. The molecule has 0 bridgehead atoms. The van der Waals surface area contributed by atoms with Gasteiger partial charge in [-0.15, -0.1) is 0 Å². The summed E-state index contributed by atoms with van der Waals surface area (Å²) in [7, 11) is 0. The van der Waals surface area contributed by atoms with Crippen molar-refractivity contribution in [1.29, 1.82) is 0 Å². The van der Waals surface area contributed by atoms with Crippen molar-refractivity contribution in [3.63, 3.8) is 0 Å². The minimum absolute atomic E-state index is 0.592. The van der Waals surface area contributed by atoms with Gasteiger partial charge in [0.05, 0.1) is 0 Å². The molecule has 0 aliphatic heterocycles. The minimum atomic E-state index is 0.592. The second kappa shape index (κ2) is 7.27. The van der Waals surface area contributed by atoms with Gasteiger partial charge in [0, 0.05) is 17.3 Å². The summed E-state index contributed by atoms with van der Waals surface area (Å²) in [6, 6.07) is 16.0. The van der Waals surface area contributed by atoms with Crippen molar-refractivity contribution in [2.75, 3.05) is 5.32 Å². The predicted octanol–water partition coefficient (Wildman–Crippen LogP) is 4.39. The summed E-state index contributed by atoms with van der Waals surface area (Å²) in [6.45, 7) is 2.75. The summed E-state index contributed by atoms with van der Waals surface area (Å²) in [4.78, 5) is 0. The summed E-state index contributed by atoms with van der Waals surface area (Å²) in [5.41, 5.74) is 3.32. The summed E-state index contributed by atoms with van der Waals surface area (Å²) in [5.74, 6) is 0. The molecule has 0 aliphatic rings. The lowest BCUT2D eigenvalue weighted by molar-refractivity contribution is 0.926. The lowest BCUT2D eigenvalue weighted by atomic mass is 10.1. The predicted molar refractivity (Wildman–Crippen MR) is 90.3 cm³/mol. The Bertz CT molecular complexity index is 581. The molecule has 2 aromatic rings. The molecule has 2 rings (SSSR count). The molecule has 20 heavy (non-hydrogen) atoms. The van der Waals surface area contributed by atoms with E-state index >= 15 is 0 Å². The van der Waals surface area contributed by atoms with Gasteiger partial charge in [-0.3, -0.25) is 0 Å². The van der Waals surface area contributed by atoms with Crippen LogP contribution in [0.15, 0.2) is 48.5 Å². The molecular weight excluding hydrogens is 288 g/mol. The van der Waals surface area contributed by atoms with E-state index in [2.05, 4.69) is 29.7 Å². The van der Waals surface area contributed by atoms with Crippen molar-refractivity contribution in [2.45, 2.75) is 19.9 Å². The largest absolute Gasteiger partial charge is 0.358 e. The van der Waals surface area contributed by atoms with Gasteiger partial charge in [-0.2, -0.15) is 0 Å². The van der Waals surface area contributed by atoms with E-state index in [0.29, 0.717) is 11.7 Å². The lowest BCUT2D eigenvalue weighted by Gasteiger charge is -2.11. The molecule has 0 saturated carbocycles. The third kappa shape index (κ3) is 4.22. The number of hydrogen-bond acceptors (Lipinski definition) is 1. The maximum Gasteiger partial charge on any atom is 0.171 e. The highest BCUT2D eigenvalue weighted by Crippen LogP contribution is 2.14. The smallest absolute Gasteiger partial charge is 0.171 e. The van der Waals surface area contributed by atoms with Gasteiger partial charge in [-0.1, -0.05) is 48.9 Å². The van der Waals surface area contributed by atoms with Crippen molar-refractivity contribution < 1.29 is 0 Å². The van der Waals surface area contributed by atoms with Crippen molar-refractivity contribution in [1.82, 2.24) is 5.32 Å². The molecule has 0 aliphatic carbocycles. The fourth-order valence-corrected chi connectivity index (χ4v) is 2.21. The van der Waals surface area contributed by atoms with Crippen LogP contribution < -0.4 is 10.6 Å². The Morgan fingerprint density at radius 2 is 1.80 bits per heavy atom. The fraction of sp³-hybridized carbons (Fsp3) is 0.188. The Morgan fingerprint density at radius 3 is 2.45 bits per heavy atom. The van der Waals surface area contributed by atoms with E-state index in [-0.39, 0.29) is 0 Å². The van der Waals surface area contributed by atoms with Crippen LogP contribution in [0.25, 0.3) is 0 Å². The minimum Gasteiger partial charge on any atom is -0.358 e. The first-order valence-corrected chi connectivity index (χ1v) is 7.35. The third-order valence-electron chi connectivity index (χ3n) is 3.02. The van der Waals surface area contributed by atoms with Gasteiger partial charge in [-0.05, 0) is 48.0 Å². The van der Waals surface area contributed by atoms with Crippen LogP contribution in [0, 0.1) is 0 Å². The average molecular weight is 305 g/mol. The highest BCUT2D eigenvalue weighted by atomic mass is 35.5. The third-order valence-corrected chi connectivity index (χ3v) is 3.63. The van der Waals surface area contributed by atoms with E-state index in [1.165, 1.54) is 5.56 Å². The molecule has 2 nitrogen and oxygen atoms in total. The van der Waals surface area contributed by atoms with Crippen LogP contribution in [0.2, 0.25) is 5.02 Å². The molecule has 0 spiro atoms. The van der Waals surface area contributed by atoms with Gasteiger partial charge in [0.15, 0.2) is 5.11 Å². The zero-order valence-corrected chi connectivity index (χ0v) is 12.9. The Kier molecular flexibility index (Phi) is 5.39. The second-order valence-electron chi connectivity index (χ2n) is 4.45. The first-order chi connectivity index (χ1) is 9.69. The number of anilines is 1. The molecule has 0 radical (unpaired) electrons. The number of benzene rings is 2. The van der Waals surface area contributed by atoms with Crippen LogP contribution in [-0.2, 0) is 13.0 Å².